The third-order valence-electron chi connectivity index (χ3n) is 4.20. The summed E-state index contributed by atoms with van der Waals surface area (Å²) in [6, 6.07) is 0.674. The second kappa shape index (κ2) is 5.99. The molecule has 2 N–H and O–H groups in total. The van der Waals surface area contributed by atoms with Crippen LogP contribution in [0.2, 0.25) is 0 Å². The Hall–Kier alpha value is -0.120. The van der Waals surface area contributed by atoms with E-state index in [0.29, 0.717) is 19.2 Å². The molecule has 0 radical (unpaired) electrons. The van der Waals surface area contributed by atoms with Crippen LogP contribution in [-0.2, 0) is 4.74 Å². The van der Waals surface area contributed by atoms with Crippen LogP contribution < -0.4 is 5.73 Å². The Bertz CT molecular complexity index is 210. The Morgan fingerprint density at radius 3 is 2.62 bits per heavy atom. The van der Waals surface area contributed by atoms with Gasteiger partial charge in [0, 0.05) is 19.7 Å². The molecule has 0 spiro atoms. The lowest BCUT2D eigenvalue weighted by molar-refractivity contribution is 0.00213. The number of nitrogens with zero attached hydrogens (tertiary/aromatic N) is 1. The topological polar surface area (TPSA) is 38.5 Å². The standard InChI is InChI=1S/C13H28N2O/c1-11-6-5-7-12(8-11)15(3)13(2,9-14)10-16-4/h11-12H,5-10,14H2,1-4H3. The van der Waals surface area contributed by atoms with E-state index in [1.54, 1.807) is 7.11 Å². The van der Waals surface area contributed by atoms with Gasteiger partial charge in [-0.2, -0.15) is 0 Å². The number of rotatable bonds is 5. The van der Waals surface area contributed by atoms with Gasteiger partial charge in [0.15, 0.2) is 0 Å². The van der Waals surface area contributed by atoms with Gasteiger partial charge >= 0.3 is 0 Å². The number of ether oxygens (including phenoxy) is 1. The molecule has 96 valence electrons. The van der Waals surface area contributed by atoms with E-state index in [2.05, 4.69) is 25.8 Å². The third kappa shape index (κ3) is 3.19. The van der Waals surface area contributed by atoms with Crippen molar-refractivity contribution in [1.82, 2.24) is 4.90 Å². The van der Waals surface area contributed by atoms with Crippen molar-refractivity contribution in [3.63, 3.8) is 0 Å². The number of hydrogen-bond donors (Lipinski definition) is 1. The van der Waals surface area contributed by atoms with Crippen LogP contribution in [0.3, 0.4) is 0 Å². The van der Waals surface area contributed by atoms with Crippen molar-refractivity contribution >= 4 is 0 Å². The molecule has 0 saturated heterocycles. The number of hydrogen-bond acceptors (Lipinski definition) is 3. The maximum absolute atomic E-state index is 5.91. The van der Waals surface area contributed by atoms with Crippen LogP contribution in [0.5, 0.6) is 0 Å². The summed E-state index contributed by atoms with van der Waals surface area (Å²) in [5.74, 6) is 0.853. The average molecular weight is 228 g/mol. The molecule has 0 aromatic carbocycles. The van der Waals surface area contributed by atoms with E-state index in [1.807, 2.05) is 0 Å². The summed E-state index contributed by atoms with van der Waals surface area (Å²) >= 11 is 0. The minimum absolute atomic E-state index is 0.0174. The predicted octanol–water partition coefficient (Wildman–Crippen LogP) is 1.86. The zero-order chi connectivity index (χ0) is 12.2. The Labute approximate surface area is 100 Å². The lowest BCUT2D eigenvalue weighted by Crippen LogP contribution is -2.57. The van der Waals surface area contributed by atoms with Crippen molar-refractivity contribution < 1.29 is 4.74 Å². The van der Waals surface area contributed by atoms with Crippen LogP contribution in [0.4, 0.5) is 0 Å². The summed E-state index contributed by atoms with van der Waals surface area (Å²) in [4.78, 5) is 2.45. The van der Waals surface area contributed by atoms with E-state index in [9.17, 15) is 0 Å². The summed E-state index contributed by atoms with van der Waals surface area (Å²) in [7, 11) is 3.96. The smallest absolute Gasteiger partial charge is 0.0656 e. The van der Waals surface area contributed by atoms with Crippen molar-refractivity contribution in [2.75, 3.05) is 27.3 Å². The molecule has 1 rings (SSSR count). The summed E-state index contributed by atoms with van der Waals surface area (Å²) in [6.07, 6.45) is 5.34. The summed E-state index contributed by atoms with van der Waals surface area (Å²) in [5, 5.41) is 0. The SMILES string of the molecule is COCC(C)(CN)N(C)C1CCCC(C)C1. The fourth-order valence-corrected chi connectivity index (χ4v) is 2.81. The Morgan fingerprint density at radius 2 is 2.12 bits per heavy atom. The van der Waals surface area contributed by atoms with Gasteiger partial charge in [-0.25, -0.2) is 0 Å². The van der Waals surface area contributed by atoms with Gasteiger partial charge < -0.3 is 10.5 Å². The van der Waals surface area contributed by atoms with Crippen LogP contribution in [0.25, 0.3) is 0 Å². The fraction of sp³-hybridized carbons (Fsp3) is 1.00. The number of likely N-dealkylation sites (N-methyl/N-ethyl adjacent to an activating group) is 1. The van der Waals surface area contributed by atoms with Gasteiger partial charge in [-0.1, -0.05) is 19.8 Å². The summed E-state index contributed by atoms with van der Waals surface area (Å²) < 4.78 is 5.31. The summed E-state index contributed by atoms with van der Waals surface area (Å²) in [6.45, 7) is 5.93. The quantitative estimate of drug-likeness (QED) is 0.780. The van der Waals surface area contributed by atoms with Gasteiger partial charge in [0.1, 0.15) is 0 Å². The minimum Gasteiger partial charge on any atom is -0.383 e. The van der Waals surface area contributed by atoms with Gasteiger partial charge in [-0.3, -0.25) is 4.90 Å². The zero-order valence-electron chi connectivity index (χ0n) is 11.3. The molecule has 1 aliphatic carbocycles. The lowest BCUT2D eigenvalue weighted by Gasteiger charge is -2.45. The first kappa shape index (κ1) is 13.9. The molecule has 1 saturated carbocycles. The van der Waals surface area contributed by atoms with E-state index < -0.39 is 0 Å². The second-order valence-electron chi connectivity index (χ2n) is 5.67. The molecule has 1 aliphatic rings. The molecular weight excluding hydrogens is 200 g/mol. The van der Waals surface area contributed by atoms with Crippen LogP contribution in [0.15, 0.2) is 0 Å². The van der Waals surface area contributed by atoms with Gasteiger partial charge in [0.2, 0.25) is 0 Å². The third-order valence-corrected chi connectivity index (χ3v) is 4.20. The highest BCUT2D eigenvalue weighted by atomic mass is 16.5. The molecule has 3 nitrogen and oxygen atoms in total. The van der Waals surface area contributed by atoms with E-state index in [1.165, 1.54) is 25.7 Å². The second-order valence-corrected chi connectivity index (χ2v) is 5.67. The molecule has 16 heavy (non-hydrogen) atoms. The highest BCUT2D eigenvalue weighted by molar-refractivity contribution is 4.91. The Kier molecular flexibility index (Phi) is 5.22. The fourth-order valence-electron chi connectivity index (χ4n) is 2.81. The first-order chi connectivity index (χ1) is 7.53. The molecule has 0 aliphatic heterocycles. The van der Waals surface area contributed by atoms with Gasteiger partial charge in [0.05, 0.1) is 12.1 Å². The predicted molar refractivity (Wildman–Crippen MR) is 68.5 cm³/mol. The van der Waals surface area contributed by atoms with Crippen molar-refractivity contribution in [2.45, 2.75) is 51.1 Å². The minimum atomic E-state index is -0.0174. The maximum Gasteiger partial charge on any atom is 0.0656 e. The zero-order valence-corrected chi connectivity index (χ0v) is 11.3. The van der Waals surface area contributed by atoms with Gasteiger partial charge in [-0.05, 0) is 32.7 Å². The molecule has 1 fully saturated rings. The van der Waals surface area contributed by atoms with Crippen molar-refractivity contribution in [1.29, 1.82) is 0 Å². The van der Waals surface area contributed by atoms with Crippen LogP contribution in [0, 0.1) is 5.92 Å². The van der Waals surface area contributed by atoms with Crippen molar-refractivity contribution in [3.8, 4) is 0 Å². The molecule has 3 unspecified atom stereocenters. The highest BCUT2D eigenvalue weighted by Crippen LogP contribution is 2.30. The monoisotopic (exact) mass is 228 g/mol. The largest absolute Gasteiger partial charge is 0.383 e. The van der Waals surface area contributed by atoms with Gasteiger partial charge in [0.25, 0.3) is 0 Å². The van der Waals surface area contributed by atoms with Crippen molar-refractivity contribution in [2.24, 2.45) is 11.7 Å². The molecule has 0 heterocycles. The number of methoxy groups -OCH3 is 1. The Balaban J connectivity index is 2.62. The van der Waals surface area contributed by atoms with E-state index in [0.717, 1.165) is 5.92 Å². The molecule has 0 aromatic rings. The first-order valence-electron chi connectivity index (χ1n) is 6.45. The molecule has 3 heteroatoms. The normalized spacial score (nSPS) is 30.4. The van der Waals surface area contributed by atoms with Crippen molar-refractivity contribution in [3.05, 3.63) is 0 Å². The highest BCUT2D eigenvalue weighted by Gasteiger charge is 2.34. The van der Waals surface area contributed by atoms with E-state index in [4.69, 9.17) is 10.5 Å². The molecule has 0 amide bonds. The molecule has 0 bridgehead atoms. The maximum atomic E-state index is 5.91. The molecule has 0 aromatic heterocycles. The Morgan fingerprint density at radius 1 is 1.44 bits per heavy atom. The van der Waals surface area contributed by atoms with Crippen LogP contribution >= 0.6 is 0 Å². The summed E-state index contributed by atoms with van der Waals surface area (Å²) in [5.41, 5.74) is 5.90. The van der Waals surface area contributed by atoms with E-state index >= 15 is 0 Å². The average Bonchev–Trinajstić information content (AvgIpc) is 2.28. The van der Waals surface area contributed by atoms with Crippen LogP contribution in [0.1, 0.15) is 39.5 Å². The van der Waals surface area contributed by atoms with E-state index in [-0.39, 0.29) is 5.54 Å². The first-order valence-corrected chi connectivity index (χ1v) is 6.45. The lowest BCUT2D eigenvalue weighted by atomic mass is 9.84. The molecular formula is C13H28N2O. The number of nitrogens with two attached hydrogens (primary N) is 1. The van der Waals surface area contributed by atoms with Gasteiger partial charge in [-0.15, -0.1) is 0 Å². The van der Waals surface area contributed by atoms with Crippen LogP contribution in [-0.4, -0.2) is 43.8 Å². The molecule has 3 atom stereocenters.